The van der Waals surface area contributed by atoms with Gasteiger partial charge in [-0.25, -0.2) is 5.43 Å². The van der Waals surface area contributed by atoms with Gasteiger partial charge in [-0.05, 0) is 6.92 Å². The van der Waals surface area contributed by atoms with Crippen molar-refractivity contribution in [3.63, 3.8) is 0 Å². The van der Waals surface area contributed by atoms with Gasteiger partial charge in [0, 0.05) is 30.8 Å². The molecule has 8 nitrogen and oxygen atoms in total. The first kappa shape index (κ1) is 16.1. The Labute approximate surface area is 127 Å². The number of rotatable bonds is 5. The minimum atomic E-state index is -0.464. The van der Waals surface area contributed by atoms with Crippen molar-refractivity contribution in [3.05, 3.63) is 39.9 Å². The largest absolute Gasteiger partial charge is 0.379 e. The van der Waals surface area contributed by atoms with Crippen LogP contribution in [-0.2, 0) is 9.53 Å². The zero-order valence-corrected chi connectivity index (χ0v) is 12.3. The number of carbonyl (C=O) groups is 1. The zero-order chi connectivity index (χ0) is 15.9. The Kier molecular flexibility index (Phi) is 5.56. The molecule has 1 aromatic carbocycles. The van der Waals surface area contributed by atoms with Gasteiger partial charge in [0.25, 0.3) is 11.6 Å². The number of hydrogen-bond acceptors (Lipinski definition) is 6. The molecule has 8 heteroatoms. The van der Waals surface area contributed by atoms with E-state index in [1.54, 1.807) is 19.1 Å². The normalized spacial score (nSPS) is 16.3. The highest BCUT2D eigenvalue weighted by Gasteiger charge is 2.14. The second kappa shape index (κ2) is 7.62. The van der Waals surface area contributed by atoms with Crippen molar-refractivity contribution in [3.8, 4) is 0 Å². The van der Waals surface area contributed by atoms with Gasteiger partial charge in [-0.1, -0.05) is 12.1 Å². The summed E-state index contributed by atoms with van der Waals surface area (Å²) in [6, 6.07) is 6.13. The van der Waals surface area contributed by atoms with Crippen LogP contribution in [0, 0.1) is 10.1 Å². The van der Waals surface area contributed by atoms with E-state index in [2.05, 4.69) is 10.5 Å². The Morgan fingerprint density at radius 1 is 1.45 bits per heavy atom. The molecule has 1 amide bonds. The molecule has 1 saturated heterocycles. The van der Waals surface area contributed by atoms with Crippen LogP contribution in [0.4, 0.5) is 5.69 Å². The number of ether oxygens (including phenoxy) is 1. The summed E-state index contributed by atoms with van der Waals surface area (Å²) in [5.41, 5.74) is 3.58. The van der Waals surface area contributed by atoms with Gasteiger partial charge >= 0.3 is 0 Å². The number of nitrogens with one attached hydrogen (secondary N) is 1. The summed E-state index contributed by atoms with van der Waals surface area (Å²) in [5.74, 6) is -0.216. The second-order valence-electron chi connectivity index (χ2n) is 4.93. The third-order valence-electron chi connectivity index (χ3n) is 3.29. The van der Waals surface area contributed by atoms with Crippen LogP contribution in [0.15, 0.2) is 29.4 Å². The summed E-state index contributed by atoms with van der Waals surface area (Å²) >= 11 is 0. The van der Waals surface area contributed by atoms with E-state index >= 15 is 0 Å². The van der Waals surface area contributed by atoms with Crippen molar-refractivity contribution in [1.82, 2.24) is 10.3 Å². The molecule has 0 spiro atoms. The maximum atomic E-state index is 11.8. The van der Waals surface area contributed by atoms with Crippen LogP contribution in [0.1, 0.15) is 12.5 Å². The SMILES string of the molecule is C/C(=N/NC(=O)CN1CCOCC1)c1cccc([N+](=O)[O-])c1. The molecular formula is C14H18N4O4. The summed E-state index contributed by atoms with van der Waals surface area (Å²) < 4.78 is 5.21. The van der Waals surface area contributed by atoms with E-state index < -0.39 is 4.92 Å². The summed E-state index contributed by atoms with van der Waals surface area (Å²) in [6.45, 7) is 4.65. The van der Waals surface area contributed by atoms with Gasteiger partial charge in [-0.15, -0.1) is 0 Å². The molecule has 0 bridgehead atoms. The van der Waals surface area contributed by atoms with Gasteiger partial charge in [0.1, 0.15) is 0 Å². The van der Waals surface area contributed by atoms with E-state index in [0.29, 0.717) is 24.5 Å². The first-order valence-electron chi connectivity index (χ1n) is 6.94. The van der Waals surface area contributed by atoms with E-state index in [0.717, 1.165) is 13.1 Å². The lowest BCUT2D eigenvalue weighted by molar-refractivity contribution is -0.384. The van der Waals surface area contributed by atoms with Crippen LogP contribution in [-0.4, -0.2) is 54.3 Å². The number of carbonyl (C=O) groups excluding carboxylic acids is 1. The first-order valence-corrected chi connectivity index (χ1v) is 6.94. The van der Waals surface area contributed by atoms with E-state index in [1.165, 1.54) is 12.1 Å². The molecule has 0 atom stereocenters. The van der Waals surface area contributed by atoms with Crippen molar-refractivity contribution in [2.45, 2.75) is 6.92 Å². The average molecular weight is 306 g/mol. The van der Waals surface area contributed by atoms with Crippen molar-refractivity contribution in [2.75, 3.05) is 32.8 Å². The fourth-order valence-corrected chi connectivity index (χ4v) is 2.05. The third-order valence-corrected chi connectivity index (χ3v) is 3.29. The zero-order valence-electron chi connectivity index (χ0n) is 12.3. The number of benzene rings is 1. The Bertz CT molecular complexity index is 582. The van der Waals surface area contributed by atoms with Crippen LogP contribution in [0.25, 0.3) is 0 Å². The molecule has 0 aliphatic carbocycles. The van der Waals surface area contributed by atoms with Crippen LogP contribution in [0.2, 0.25) is 0 Å². The average Bonchev–Trinajstić information content (AvgIpc) is 2.53. The lowest BCUT2D eigenvalue weighted by Gasteiger charge is -2.25. The highest BCUT2D eigenvalue weighted by molar-refractivity contribution is 5.99. The molecule has 1 N–H and O–H groups in total. The van der Waals surface area contributed by atoms with Gasteiger partial charge in [0.2, 0.25) is 0 Å². The molecule has 2 rings (SSSR count). The maximum Gasteiger partial charge on any atom is 0.270 e. The lowest BCUT2D eigenvalue weighted by Crippen LogP contribution is -2.42. The van der Waals surface area contributed by atoms with Crippen molar-refractivity contribution in [1.29, 1.82) is 0 Å². The second-order valence-corrected chi connectivity index (χ2v) is 4.93. The minimum Gasteiger partial charge on any atom is -0.379 e. The standard InChI is InChI=1S/C14H18N4O4/c1-11(12-3-2-4-13(9-12)18(20)21)15-16-14(19)10-17-5-7-22-8-6-17/h2-4,9H,5-8,10H2,1H3,(H,16,19)/b15-11-. The molecule has 118 valence electrons. The number of nitrogens with zero attached hydrogens (tertiary/aromatic N) is 3. The molecule has 0 radical (unpaired) electrons. The fourth-order valence-electron chi connectivity index (χ4n) is 2.05. The minimum absolute atomic E-state index is 0.00769. The van der Waals surface area contributed by atoms with Crippen LogP contribution >= 0.6 is 0 Å². The molecule has 1 aromatic rings. The predicted octanol–water partition coefficient (Wildman–Crippen LogP) is 0.767. The number of nitro benzene ring substituents is 1. The summed E-state index contributed by atoms with van der Waals surface area (Å²) in [5, 5.41) is 14.7. The van der Waals surface area contributed by atoms with E-state index in [4.69, 9.17) is 4.74 Å². The first-order chi connectivity index (χ1) is 10.6. The molecule has 22 heavy (non-hydrogen) atoms. The summed E-state index contributed by atoms with van der Waals surface area (Å²) in [6.07, 6.45) is 0. The van der Waals surface area contributed by atoms with Crippen molar-refractivity contribution < 1.29 is 14.5 Å². The Morgan fingerprint density at radius 2 is 2.18 bits per heavy atom. The molecule has 0 aromatic heterocycles. The molecular weight excluding hydrogens is 288 g/mol. The van der Waals surface area contributed by atoms with Gasteiger partial charge in [-0.3, -0.25) is 19.8 Å². The van der Waals surface area contributed by atoms with E-state index in [1.807, 2.05) is 4.90 Å². The topological polar surface area (TPSA) is 97.1 Å². The number of amides is 1. The summed E-state index contributed by atoms with van der Waals surface area (Å²) in [7, 11) is 0. The van der Waals surface area contributed by atoms with Crippen LogP contribution in [0.5, 0.6) is 0 Å². The van der Waals surface area contributed by atoms with Gasteiger partial charge in [0.05, 0.1) is 30.4 Å². The quantitative estimate of drug-likeness (QED) is 0.492. The Hall–Kier alpha value is -2.32. The monoisotopic (exact) mass is 306 g/mol. The van der Waals surface area contributed by atoms with Gasteiger partial charge in [-0.2, -0.15) is 5.10 Å². The molecule has 1 heterocycles. The Balaban J connectivity index is 1.92. The fraction of sp³-hybridized carbons (Fsp3) is 0.429. The van der Waals surface area contributed by atoms with E-state index in [-0.39, 0.29) is 18.1 Å². The molecule has 1 aliphatic heterocycles. The van der Waals surface area contributed by atoms with Crippen molar-refractivity contribution in [2.24, 2.45) is 5.10 Å². The molecule has 1 fully saturated rings. The third kappa shape index (κ3) is 4.61. The van der Waals surface area contributed by atoms with Gasteiger partial charge < -0.3 is 4.74 Å². The lowest BCUT2D eigenvalue weighted by atomic mass is 10.1. The summed E-state index contributed by atoms with van der Waals surface area (Å²) in [4.78, 5) is 24.1. The predicted molar refractivity (Wildman–Crippen MR) is 80.7 cm³/mol. The highest BCUT2D eigenvalue weighted by Crippen LogP contribution is 2.13. The number of non-ortho nitro benzene ring substituents is 1. The number of morpholine rings is 1. The van der Waals surface area contributed by atoms with Crippen LogP contribution in [0.3, 0.4) is 0 Å². The Morgan fingerprint density at radius 3 is 2.86 bits per heavy atom. The molecule has 0 saturated carbocycles. The molecule has 0 unspecified atom stereocenters. The highest BCUT2D eigenvalue weighted by atomic mass is 16.6. The number of hydrazone groups is 1. The van der Waals surface area contributed by atoms with Gasteiger partial charge in [0.15, 0.2) is 0 Å². The number of hydrogen-bond donors (Lipinski definition) is 1. The smallest absolute Gasteiger partial charge is 0.270 e. The molecule has 1 aliphatic rings. The maximum absolute atomic E-state index is 11.8. The van der Waals surface area contributed by atoms with E-state index in [9.17, 15) is 14.9 Å². The van der Waals surface area contributed by atoms with Crippen LogP contribution < -0.4 is 5.43 Å². The number of nitro groups is 1. The van der Waals surface area contributed by atoms with Crippen molar-refractivity contribution >= 4 is 17.3 Å².